The number of hydrogen-bond acceptors (Lipinski definition) is 4. The molecule has 0 bridgehead atoms. The van der Waals surface area contributed by atoms with Crippen molar-refractivity contribution in [2.24, 2.45) is 0 Å². The van der Waals surface area contributed by atoms with Crippen molar-refractivity contribution in [2.75, 3.05) is 26.9 Å². The number of benzene rings is 1. The Balaban J connectivity index is 1.71. The normalized spacial score (nSPS) is 10.9. The third-order valence-electron chi connectivity index (χ3n) is 4.67. The van der Waals surface area contributed by atoms with Crippen LogP contribution in [0.15, 0.2) is 24.3 Å². The molecule has 1 aromatic carbocycles. The van der Waals surface area contributed by atoms with Crippen LogP contribution in [0.1, 0.15) is 42.3 Å². The average molecular weight is 389 g/mol. The molecule has 1 heterocycles. The van der Waals surface area contributed by atoms with Crippen LogP contribution in [0.25, 0.3) is 0 Å². The first-order valence-electron chi connectivity index (χ1n) is 9.68. The van der Waals surface area contributed by atoms with Crippen molar-refractivity contribution in [2.45, 2.75) is 46.7 Å². The zero-order chi connectivity index (χ0) is 20.5. The molecule has 0 spiro atoms. The van der Waals surface area contributed by atoms with E-state index in [0.717, 1.165) is 22.7 Å². The highest BCUT2D eigenvalue weighted by molar-refractivity contribution is 5.73. The minimum atomic E-state index is -0.220. The number of aromatic nitrogens is 2. The van der Waals surface area contributed by atoms with E-state index in [2.05, 4.69) is 41.7 Å². The Hall–Kier alpha value is -2.54. The van der Waals surface area contributed by atoms with E-state index in [1.54, 1.807) is 7.11 Å². The molecule has 0 fully saturated rings. The summed E-state index contributed by atoms with van der Waals surface area (Å²) >= 11 is 0. The molecule has 0 saturated heterocycles. The minimum Gasteiger partial charge on any atom is -0.492 e. The lowest BCUT2D eigenvalue weighted by atomic mass is 10.0. The van der Waals surface area contributed by atoms with Crippen molar-refractivity contribution in [3.05, 3.63) is 46.8 Å². The second-order valence-corrected chi connectivity index (χ2v) is 7.05. The Bertz CT molecular complexity index is 754. The molecule has 0 atom stereocenters. The third-order valence-corrected chi connectivity index (χ3v) is 4.67. The van der Waals surface area contributed by atoms with Crippen molar-refractivity contribution in [3.8, 4) is 5.75 Å². The molecule has 0 aliphatic carbocycles. The van der Waals surface area contributed by atoms with E-state index in [9.17, 15) is 4.79 Å². The monoisotopic (exact) mass is 388 g/mol. The lowest BCUT2D eigenvalue weighted by molar-refractivity contribution is 0.182. The zero-order valence-corrected chi connectivity index (χ0v) is 17.5. The van der Waals surface area contributed by atoms with Gasteiger partial charge in [-0.3, -0.25) is 4.68 Å². The fourth-order valence-corrected chi connectivity index (χ4v) is 2.90. The molecule has 1 aromatic heterocycles. The van der Waals surface area contributed by atoms with Crippen LogP contribution in [0.5, 0.6) is 5.75 Å². The van der Waals surface area contributed by atoms with Gasteiger partial charge in [-0.2, -0.15) is 5.10 Å². The van der Waals surface area contributed by atoms with Gasteiger partial charge < -0.3 is 20.1 Å². The molecule has 0 aliphatic rings. The maximum Gasteiger partial charge on any atom is 0.315 e. The number of nitrogens with zero attached hydrogens (tertiary/aromatic N) is 2. The summed E-state index contributed by atoms with van der Waals surface area (Å²) in [6.07, 6.45) is 0. The van der Waals surface area contributed by atoms with E-state index in [1.807, 2.05) is 30.7 Å². The standard InChI is InChI=1S/C21H32N4O3/c1-15(2)18-6-8-19(9-7-18)28-12-10-22-21(26)23-14-20-16(3)24-25(17(20)4)11-13-27-5/h6-9,15H,10-14H2,1-5H3,(H2,22,23,26). The van der Waals surface area contributed by atoms with Crippen LogP contribution in [0.4, 0.5) is 4.79 Å². The maximum atomic E-state index is 12.0. The van der Waals surface area contributed by atoms with Gasteiger partial charge in [0.25, 0.3) is 0 Å². The van der Waals surface area contributed by atoms with Gasteiger partial charge in [0.05, 0.1) is 25.4 Å². The number of rotatable bonds is 10. The topological polar surface area (TPSA) is 77.4 Å². The number of aryl methyl sites for hydroxylation is 1. The van der Waals surface area contributed by atoms with Gasteiger partial charge in [-0.15, -0.1) is 0 Å². The van der Waals surface area contributed by atoms with E-state index < -0.39 is 0 Å². The van der Waals surface area contributed by atoms with Crippen molar-refractivity contribution >= 4 is 6.03 Å². The number of nitrogens with one attached hydrogen (secondary N) is 2. The Morgan fingerprint density at radius 3 is 2.50 bits per heavy atom. The summed E-state index contributed by atoms with van der Waals surface area (Å²) in [7, 11) is 1.67. The zero-order valence-electron chi connectivity index (χ0n) is 17.5. The quantitative estimate of drug-likeness (QED) is 0.613. The molecule has 154 valence electrons. The summed E-state index contributed by atoms with van der Waals surface area (Å²) in [6.45, 7) is 10.9. The highest BCUT2D eigenvalue weighted by Crippen LogP contribution is 2.18. The smallest absolute Gasteiger partial charge is 0.315 e. The van der Waals surface area contributed by atoms with Crippen LogP contribution in [0.3, 0.4) is 0 Å². The summed E-state index contributed by atoms with van der Waals surface area (Å²) in [5.41, 5.74) is 4.28. The Morgan fingerprint density at radius 1 is 1.14 bits per heavy atom. The van der Waals surface area contributed by atoms with Crippen LogP contribution < -0.4 is 15.4 Å². The molecule has 28 heavy (non-hydrogen) atoms. The van der Waals surface area contributed by atoms with Crippen molar-refractivity contribution < 1.29 is 14.3 Å². The first kappa shape index (κ1) is 21.8. The number of hydrogen-bond donors (Lipinski definition) is 2. The summed E-state index contributed by atoms with van der Waals surface area (Å²) in [4.78, 5) is 12.0. The summed E-state index contributed by atoms with van der Waals surface area (Å²) in [5, 5.41) is 10.2. The van der Waals surface area contributed by atoms with Crippen LogP contribution in [0, 0.1) is 13.8 Å². The molecule has 7 heteroatoms. The Morgan fingerprint density at radius 2 is 1.86 bits per heavy atom. The van der Waals surface area contributed by atoms with Crippen LogP contribution >= 0.6 is 0 Å². The number of carbonyl (C=O) groups excluding carboxylic acids is 1. The molecule has 2 aromatic rings. The lowest BCUT2D eigenvalue weighted by Crippen LogP contribution is -2.37. The van der Waals surface area contributed by atoms with Gasteiger partial charge in [-0.1, -0.05) is 26.0 Å². The molecule has 0 saturated carbocycles. The van der Waals surface area contributed by atoms with Crippen molar-refractivity contribution in [1.29, 1.82) is 0 Å². The molecular formula is C21H32N4O3. The van der Waals surface area contributed by atoms with Gasteiger partial charge in [0.15, 0.2) is 0 Å². The summed E-state index contributed by atoms with van der Waals surface area (Å²) in [6, 6.07) is 7.83. The van der Waals surface area contributed by atoms with Gasteiger partial charge in [-0.25, -0.2) is 4.79 Å². The predicted octanol–water partition coefficient (Wildman–Crippen LogP) is 3.15. The average Bonchev–Trinajstić information content (AvgIpc) is 2.95. The lowest BCUT2D eigenvalue weighted by Gasteiger charge is -2.11. The van der Waals surface area contributed by atoms with Gasteiger partial charge in [0.1, 0.15) is 12.4 Å². The molecular weight excluding hydrogens is 356 g/mol. The molecule has 0 radical (unpaired) electrons. The minimum absolute atomic E-state index is 0.220. The van der Waals surface area contributed by atoms with E-state index in [1.165, 1.54) is 5.56 Å². The molecule has 2 N–H and O–H groups in total. The predicted molar refractivity (Wildman–Crippen MR) is 110 cm³/mol. The molecule has 0 aliphatic heterocycles. The van der Waals surface area contributed by atoms with E-state index >= 15 is 0 Å². The second-order valence-electron chi connectivity index (χ2n) is 7.05. The number of methoxy groups -OCH3 is 1. The van der Waals surface area contributed by atoms with Gasteiger partial charge in [-0.05, 0) is 37.5 Å². The van der Waals surface area contributed by atoms with E-state index in [0.29, 0.717) is 38.8 Å². The largest absolute Gasteiger partial charge is 0.492 e. The molecule has 2 amide bonds. The maximum absolute atomic E-state index is 12.0. The fraction of sp³-hybridized carbons (Fsp3) is 0.524. The number of carbonyl (C=O) groups is 1. The van der Waals surface area contributed by atoms with Gasteiger partial charge >= 0.3 is 6.03 Å². The fourth-order valence-electron chi connectivity index (χ4n) is 2.90. The first-order chi connectivity index (χ1) is 13.4. The highest BCUT2D eigenvalue weighted by Gasteiger charge is 2.12. The Kier molecular flexibility index (Phi) is 8.32. The van der Waals surface area contributed by atoms with Crippen LogP contribution in [-0.2, 0) is 17.8 Å². The van der Waals surface area contributed by atoms with Crippen LogP contribution in [-0.4, -0.2) is 42.7 Å². The Labute approximate surface area is 167 Å². The van der Waals surface area contributed by atoms with Crippen molar-refractivity contribution in [3.63, 3.8) is 0 Å². The SMILES string of the molecule is COCCn1nc(C)c(CNC(=O)NCCOc2ccc(C(C)C)cc2)c1C. The molecule has 7 nitrogen and oxygen atoms in total. The number of ether oxygens (including phenoxy) is 2. The van der Waals surface area contributed by atoms with Gasteiger partial charge in [0.2, 0.25) is 0 Å². The highest BCUT2D eigenvalue weighted by atomic mass is 16.5. The number of amides is 2. The molecule has 0 unspecified atom stereocenters. The third kappa shape index (κ3) is 6.27. The second kappa shape index (κ2) is 10.7. The van der Waals surface area contributed by atoms with E-state index in [-0.39, 0.29) is 6.03 Å². The van der Waals surface area contributed by atoms with Crippen LogP contribution in [0.2, 0.25) is 0 Å². The number of urea groups is 1. The summed E-state index contributed by atoms with van der Waals surface area (Å²) in [5.74, 6) is 1.31. The molecule has 2 rings (SSSR count). The summed E-state index contributed by atoms with van der Waals surface area (Å²) < 4.78 is 12.7. The van der Waals surface area contributed by atoms with E-state index in [4.69, 9.17) is 9.47 Å². The first-order valence-corrected chi connectivity index (χ1v) is 9.68. The van der Waals surface area contributed by atoms with Crippen molar-refractivity contribution in [1.82, 2.24) is 20.4 Å². The van der Waals surface area contributed by atoms with Gasteiger partial charge in [0, 0.05) is 24.9 Å².